The van der Waals surface area contributed by atoms with Crippen molar-refractivity contribution in [3.8, 4) is 0 Å². The number of nitrogens with zero attached hydrogens (tertiary/aromatic N) is 3. The highest BCUT2D eigenvalue weighted by atomic mass is 32.1. The van der Waals surface area contributed by atoms with Gasteiger partial charge in [-0.3, -0.25) is 4.40 Å². The molecule has 2 atom stereocenters. The van der Waals surface area contributed by atoms with Crippen LogP contribution in [0.5, 0.6) is 0 Å². The lowest BCUT2D eigenvalue weighted by atomic mass is 10.1. The zero-order valence-electron chi connectivity index (χ0n) is 12.3. The molecule has 0 aliphatic carbocycles. The third kappa shape index (κ3) is 2.77. The summed E-state index contributed by atoms with van der Waals surface area (Å²) in [5.74, 6) is 1.09. The fraction of sp³-hybridized carbons (Fsp3) is 0.643. The molecule has 0 aliphatic rings. The van der Waals surface area contributed by atoms with Crippen molar-refractivity contribution in [2.45, 2.75) is 52.1 Å². The second kappa shape index (κ2) is 5.92. The van der Waals surface area contributed by atoms with Crippen LogP contribution in [-0.2, 0) is 6.42 Å². The van der Waals surface area contributed by atoms with Crippen LogP contribution >= 0.6 is 11.3 Å². The molecule has 106 valence electrons. The summed E-state index contributed by atoms with van der Waals surface area (Å²) in [5.41, 5.74) is 7.39. The van der Waals surface area contributed by atoms with Gasteiger partial charge in [0.2, 0.25) is 0 Å². The van der Waals surface area contributed by atoms with Crippen LogP contribution in [0.3, 0.4) is 0 Å². The Morgan fingerprint density at radius 2 is 2.16 bits per heavy atom. The standard InChI is InChI=1S/C14H24N4S/c1-5-10(3)17(4)13-12(9-11(15)6-2)18-7-8-19-14(18)16-13/h7-8,10-11H,5-6,9,15H2,1-4H3. The summed E-state index contributed by atoms with van der Waals surface area (Å²) < 4.78 is 2.19. The highest BCUT2D eigenvalue weighted by Gasteiger charge is 2.20. The minimum atomic E-state index is 0.198. The van der Waals surface area contributed by atoms with E-state index in [2.05, 4.69) is 48.7 Å². The predicted octanol–water partition coefficient (Wildman–Crippen LogP) is 2.91. The molecule has 2 N–H and O–H groups in total. The van der Waals surface area contributed by atoms with Gasteiger partial charge in [-0.15, -0.1) is 11.3 Å². The number of fused-ring (bicyclic) bond motifs is 1. The van der Waals surface area contributed by atoms with Gasteiger partial charge < -0.3 is 10.6 Å². The van der Waals surface area contributed by atoms with E-state index in [0.29, 0.717) is 6.04 Å². The van der Waals surface area contributed by atoms with E-state index in [1.165, 1.54) is 5.69 Å². The van der Waals surface area contributed by atoms with Crippen molar-refractivity contribution >= 4 is 22.1 Å². The smallest absolute Gasteiger partial charge is 0.195 e. The molecule has 2 heterocycles. The summed E-state index contributed by atoms with van der Waals surface area (Å²) in [5, 5.41) is 2.08. The van der Waals surface area contributed by atoms with Crippen LogP contribution in [0.25, 0.3) is 4.96 Å². The van der Waals surface area contributed by atoms with Gasteiger partial charge in [0, 0.05) is 37.1 Å². The van der Waals surface area contributed by atoms with Crippen molar-refractivity contribution in [2.24, 2.45) is 5.73 Å². The summed E-state index contributed by atoms with van der Waals surface area (Å²) in [4.78, 5) is 8.11. The molecule has 5 heteroatoms. The lowest BCUT2D eigenvalue weighted by Crippen LogP contribution is -2.30. The van der Waals surface area contributed by atoms with Gasteiger partial charge in [-0.2, -0.15) is 0 Å². The fourth-order valence-electron chi connectivity index (χ4n) is 2.17. The van der Waals surface area contributed by atoms with Crippen LogP contribution in [0.4, 0.5) is 5.82 Å². The van der Waals surface area contributed by atoms with Crippen LogP contribution in [0.1, 0.15) is 39.3 Å². The van der Waals surface area contributed by atoms with Crippen LogP contribution in [0.15, 0.2) is 11.6 Å². The molecule has 2 rings (SSSR count). The zero-order valence-corrected chi connectivity index (χ0v) is 13.1. The maximum absolute atomic E-state index is 6.15. The Labute approximate surface area is 119 Å². The minimum Gasteiger partial charge on any atom is -0.355 e. The Morgan fingerprint density at radius 1 is 1.42 bits per heavy atom. The number of hydrogen-bond donors (Lipinski definition) is 1. The normalized spacial score (nSPS) is 14.8. The highest BCUT2D eigenvalue weighted by molar-refractivity contribution is 7.15. The monoisotopic (exact) mass is 280 g/mol. The van der Waals surface area contributed by atoms with E-state index in [1.807, 2.05) is 0 Å². The molecule has 0 saturated carbocycles. The maximum Gasteiger partial charge on any atom is 0.195 e. The van der Waals surface area contributed by atoms with Gasteiger partial charge in [-0.25, -0.2) is 4.98 Å². The molecule has 0 amide bonds. The average molecular weight is 280 g/mol. The number of aromatic nitrogens is 2. The molecule has 0 spiro atoms. The topological polar surface area (TPSA) is 46.6 Å². The van der Waals surface area contributed by atoms with Gasteiger partial charge >= 0.3 is 0 Å². The quantitative estimate of drug-likeness (QED) is 0.885. The number of nitrogens with two attached hydrogens (primary N) is 1. The molecule has 0 bridgehead atoms. The Bertz CT molecular complexity index is 531. The maximum atomic E-state index is 6.15. The van der Waals surface area contributed by atoms with Crippen LogP contribution < -0.4 is 10.6 Å². The first kappa shape index (κ1) is 14.3. The van der Waals surface area contributed by atoms with Crippen molar-refractivity contribution in [3.63, 3.8) is 0 Å². The number of thiazole rings is 1. The van der Waals surface area contributed by atoms with E-state index in [1.54, 1.807) is 11.3 Å². The Kier molecular flexibility index (Phi) is 4.47. The van der Waals surface area contributed by atoms with Crippen molar-refractivity contribution in [1.82, 2.24) is 9.38 Å². The SMILES string of the molecule is CCC(N)Cc1c(N(C)C(C)CC)nc2sccn12. The second-order valence-electron chi connectivity index (χ2n) is 5.18. The van der Waals surface area contributed by atoms with Gasteiger partial charge in [0.05, 0.1) is 5.69 Å². The first-order valence-corrected chi connectivity index (χ1v) is 7.89. The summed E-state index contributed by atoms with van der Waals surface area (Å²) in [6.07, 6.45) is 5.08. The Balaban J connectivity index is 2.41. The van der Waals surface area contributed by atoms with Gasteiger partial charge in [-0.05, 0) is 19.8 Å². The Hall–Kier alpha value is -1.07. The van der Waals surface area contributed by atoms with Gasteiger partial charge in [0.1, 0.15) is 0 Å². The molecule has 2 unspecified atom stereocenters. The van der Waals surface area contributed by atoms with Crippen molar-refractivity contribution in [1.29, 1.82) is 0 Å². The molecule has 4 nitrogen and oxygen atoms in total. The molecule has 2 aromatic heterocycles. The van der Waals surface area contributed by atoms with E-state index >= 15 is 0 Å². The van der Waals surface area contributed by atoms with Gasteiger partial charge in [-0.1, -0.05) is 13.8 Å². The van der Waals surface area contributed by atoms with Crippen molar-refractivity contribution in [3.05, 3.63) is 17.3 Å². The molecular weight excluding hydrogens is 256 g/mol. The minimum absolute atomic E-state index is 0.198. The number of imidazole rings is 1. The van der Waals surface area contributed by atoms with E-state index in [9.17, 15) is 0 Å². The van der Waals surface area contributed by atoms with E-state index in [4.69, 9.17) is 10.7 Å². The first-order valence-electron chi connectivity index (χ1n) is 7.01. The lowest BCUT2D eigenvalue weighted by Gasteiger charge is -2.25. The van der Waals surface area contributed by atoms with Crippen molar-refractivity contribution < 1.29 is 0 Å². The number of rotatable bonds is 6. The molecule has 0 aliphatic heterocycles. The molecule has 0 fully saturated rings. The third-order valence-corrected chi connectivity index (χ3v) is 4.66. The largest absolute Gasteiger partial charge is 0.355 e. The molecule has 0 saturated heterocycles. The van der Waals surface area contributed by atoms with E-state index < -0.39 is 0 Å². The summed E-state index contributed by atoms with van der Waals surface area (Å²) in [6, 6.07) is 0.685. The fourth-order valence-corrected chi connectivity index (χ4v) is 2.90. The highest BCUT2D eigenvalue weighted by Crippen LogP contribution is 2.27. The van der Waals surface area contributed by atoms with Crippen molar-refractivity contribution in [2.75, 3.05) is 11.9 Å². The van der Waals surface area contributed by atoms with Crippen LogP contribution in [0.2, 0.25) is 0 Å². The number of anilines is 1. The molecule has 0 aromatic carbocycles. The molecule has 2 aromatic rings. The summed E-state index contributed by atoms with van der Waals surface area (Å²) in [7, 11) is 2.13. The zero-order chi connectivity index (χ0) is 14.0. The van der Waals surface area contributed by atoms with E-state index in [0.717, 1.165) is 30.0 Å². The first-order chi connectivity index (χ1) is 9.08. The summed E-state index contributed by atoms with van der Waals surface area (Å²) >= 11 is 1.68. The Morgan fingerprint density at radius 3 is 2.79 bits per heavy atom. The van der Waals surface area contributed by atoms with Gasteiger partial charge in [0.25, 0.3) is 0 Å². The third-order valence-electron chi connectivity index (χ3n) is 3.91. The van der Waals surface area contributed by atoms with Crippen LogP contribution in [0, 0.1) is 0 Å². The van der Waals surface area contributed by atoms with Gasteiger partial charge in [0.15, 0.2) is 10.8 Å². The summed E-state index contributed by atoms with van der Waals surface area (Å²) in [6.45, 7) is 6.57. The number of hydrogen-bond acceptors (Lipinski definition) is 4. The van der Waals surface area contributed by atoms with E-state index in [-0.39, 0.29) is 6.04 Å². The average Bonchev–Trinajstić information content (AvgIpc) is 2.99. The second-order valence-corrected chi connectivity index (χ2v) is 6.05. The molecule has 0 radical (unpaired) electrons. The molecule has 19 heavy (non-hydrogen) atoms. The molecular formula is C14H24N4S. The lowest BCUT2D eigenvalue weighted by molar-refractivity contribution is 0.621. The predicted molar refractivity (Wildman–Crippen MR) is 83.2 cm³/mol. The van der Waals surface area contributed by atoms with Crippen LogP contribution in [-0.4, -0.2) is 28.5 Å².